The van der Waals surface area contributed by atoms with Crippen molar-refractivity contribution >= 4 is 5.91 Å². The van der Waals surface area contributed by atoms with Crippen LogP contribution >= 0.6 is 0 Å². The summed E-state index contributed by atoms with van der Waals surface area (Å²) in [7, 11) is 1.61. The highest BCUT2D eigenvalue weighted by Crippen LogP contribution is 2.10. The topological polar surface area (TPSA) is 52.2 Å². The van der Waals surface area contributed by atoms with Crippen LogP contribution in [-0.2, 0) is 4.79 Å². The number of hydrogen-bond donors (Lipinski definition) is 1. The summed E-state index contributed by atoms with van der Waals surface area (Å²) >= 11 is 0. The first-order valence-electron chi connectivity index (χ1n) is 8.84. The summed E-state index contributed by atoms with van der Waals surface area (Å²) in [4.78, 5) is 11.6. The van der Waals surface area contributed by atoms with Crippen LogP contribution in [-0.4, -0.2) is 30.8 Å². The van der Waals surface area contributed by atoms with Crippen LogP contribution in [0.4, 0.5) is 0 Å². The fourth-order valence-corrected chi connectivity index (χ4v) is 2.49. The SMILES string of the molecule is CCCCCCCCCCCC(=O)NC[N+](C)([O-])CCC. The first-order chi connectivity index (χ1) is 10.0. The highest BCUT2D eigenvalue weighted by Gasteiger charge is 2.10. The van der Waals surface area contributed by atoms with Gasteiger partial charge >= 0.3 is 0 Å². The predicted octanol–water partition coefficient (Wildman–Crippen LogP) is 4.34. The number of nitrogens with zero attached hydrogens (tertiary/aromatic N) is 1. The molecule has 0 saturated heterocycles. The smallest absolute Gasteiger partial charge is 0.224 e. The first kappa shape index (κ1) is 20.4. The van der Waals surface area contributed by atoms with Crippen molar-refractivity contribution in [2.45, 2.75) is 84.5 Å². The molecule has 0 saturated carbocycles. The first-order valence-corrected chi connectivity index (χ1v) is 8.84. The lowest BCUT2D eigenvalue weighted by Gasteiger charge is -2.38. The van der Waals surface area contributed by atoms with E-state index in [9.17, 15) is 10.0 Å². The van der Waals surface area contributed by atoms with Crippen LogP contribution in [0.3, 0.4) is 0 Å². The molecule has 0 aromatic heterocycles. The summed E-state index contributed by atoms with van der Waals surface area (Å²) in [5, 5.41) is 14.6. The van der Waals surface area contributed by atoms with Gasteiger partial charge in [-0.1, -0.05) is 65.2 Å². The van der Waals surface area contributed by atoms with Crippen molar-refractivity contribution in [1.29, 1.82) is 0 Å². The molecule has 0 aliphatic heterocycles. The molecule has 0 heterocycles. The summed E-state index contributed by atoms with van der Waals surface area (Å²) in [5.41, 5.74) is 0. The standard InChI is InChI=1S/C17H36N2O2/c1-4-6-7-8-9-10-11-12-13-14-17(20)18-16-19(3,21)15-5-2/h4-16H2,1-3H3,(H,18,20). The second-order valence-electron chi connectivity index (χ2n) is 6.36. The van der Waals surface area contributed by atoms with Gasteiger partial charge in [0.1, 0.15) is 0 Å². The van der Waals surface area contributed by atoms with Crippen LogP contribution in [0.2, 0.25) is 0 Å². The number of nitrogens with one attached hydrogen (secondary N) is 1. The van der Waals surface area contributed by atoms with Crippen LogP contribution in [0.25, 0.3) is 0 Å². The third-order valence-corrected chi connectivity index (χ3v) is 3.81. The molecule has 4 heteroatoms. The van der Waals surface area contributed by atoms with Gasteiger partial charge in [-0.15, -0.1) is 0 Å². The molecule has 0 radical (unpaired) electrons. The van der Waals surface area contributed by atoms with Crippen LogP contribution in [0.5, 0.6) is 0 Å². The van der Waals surface area contributed by atoms with Crippen LogP contribution in [0, 0.1) is 5.21 Å². The molecule has 4 nitrogen and oxygen atoms in total. The Kier molecular flexibility index (Phi) is 12.7. The largest absolute Gasteiger partial charge is 0.632 e. The Balaban J connectivity index is 3.38. The zero-order chi connectivity index (χ0) is 16.0. The summed E-state index contributed by atoms with van der Waals surface area (Å²) in [6, 6.07) is 0. The number of hydroxylamine groups is 3. The second-order valence-corrected chi connectivity index (χ2v) is 6.36. The summed E-state index contributed by atoms with van der Waals surface area (Å²) in [5.74, 6) is 0.0225. The van der Waals surface area contributed by atoms with Crippen molar-refractivity contribution in [3.63, 3.8) is 0 Å². The third kappa shape index (κ3) is 14.1. The number of rotatable bonds is 14. The van der Waals surface area contributed by atoms with E-state index in [2.05, 4.69) is 12.2 Å². The van der Waals surface area contributed by atoms with E-state index >= 15 is 0 Å². The van der Waals surface area contributed by atoms with Gasteiger partial charge in [-0.05, 0) is 12.8 Å². The van der Waals surface area contributed by atoms with E-state index in [1.165, 1.54) is 44.9 Å². The Labute approximate surface area is 131 Å². The number of hydrogen-bond acceptors (Lipinski definition) is 2. The Morgan fingerprint density at radius 3 is 1.95 bits per heavy atom. The Hall–Kier alpha value is -0.610. The molecule has 0 spiro atoms. The van der Waals surface area contributed by atoms with E-state index < -0.39 is 0 Å². The van der Waals surface area contributed by atoms with Gasteiger partial charge < -0.3 is 15.2 Å². The minimum absolute atomic E-state index is 0.0225. The van der Waals surface area contributed by atoms with E-state index in [-0.39, 0.29) is 17.2 Å². The number of amides is 1. The van der Waals surface area contributed by atoms with Crippen LogP contribution in [0.15, 0.2) is 0 Å². The minimum atomic E-state index is -0.375. The average molecular weight is 300 g/mol. The van der Waals surface area contributed by atoms with Gasteiger partial charge in [-0.2, -0.15) is 0 Å². The Morgan fingerprint density at radius 2 is 1.43 bits per heavy atom. The zero-order valence-electron chi connectivity index (χ0n) is 14.5. The lowest BCUT2D eigenvalue weighted by molar-refractivity contribution is -0.862. The normalized spacial score (nSPS) is 13.9. The molecule has 1 unspecified atom stereocenters. The van der Waals surface area contributed by atoms with Gasteiger partial charge in [0.2, 0.25) is 5.91 Å². The van der Waals surface area contributed by atoms with E-state index in [1.54, 1.807) is 7.05 Å². The van der Waals surface area contributed by atoms with E-state index in [1.807, 2.05) is 6.92 Å². The maximum absolute atomic E-state index is 11.9. The highest BCUT2D eigenvalue weighted by atomic mass is 16.5. The van der Waals surface area contributed by atoms with E-state index in [0.717, 1.165) is 19.3 Å². The van der Waals surface area contributed by atoms with Crippen molar-refractivity contribution in [1.82, 2.24) is 5.32 Å². The van der Waals surface area contributed by atoms with E-state index in [4.69, 9.17) is 0 Å². The van der Waals surface area contributed by atoms with E-state index in [0.29, 0.717) is 13.0 Å². The predicted molar refractivity (Wildman–Crippen MR) is 89.6 cm³/mol. The molecule has 0 rings (SSSR count). The number of carbonyl (C=O) groups is 1. The number of quaternary nitrogens is 1. The van der Waals surface area contributed by atoms with Crippen molar-refractivity contribution in [3.05, 3.63) is 5.21 Å². The molecule has 0 aliphatic carbocycles. The molecular weight excluding hydrogens is 264 g/mol. The fourth-order valence-electron chi connectivity index (χ4n) is 2.49. The summed E-state index contributed by atoms with van der Waals surface area (Å²) in [6.45, 7) is 4.97. The molecule has 1 N–H and O–H groups in total. The summed E-state index contributed by atoms with van der Waals surface area (Å²) in [6.07, 6.45) is 12.7. The minimum Gasteiger partial charge on any atom is -0.632 e. The highest BCUT2D eigenvalue weighted by molar-refractivity contribution is 5.75. The molecule has 0 aromatic rings. The van der Waals surface area contributed by atoms with Gasteiger partial charge in [0.05, 0.1) is 13.6 Å². The van der Waals surface area contributed by atoms with Gasteiger partial charge in [0.15, 0.2) is 6.67 Å². The molecule has 126 valence electrons. The van der Waals surface area contributed by atoms with Crippen molar-refractivity contribution in [2.75, 3.05) is 20.3 Å². The Bertz CT molecular complexity index is 255. The van der Waals surface area contributed by atoms with Crippen LogP contribution in [0.1, 0.15) is 84.5 Å². The zero-order valence-corrected chi connectivity index (χ0v) is 14.5. The number of carbonyl (C=O) groups excluding carboxylic acids is 1. The van der Waals surface area contributed by atoms with Crippen molar-refractivity contribution < 1.29 is 9.44 Å². The monoisotopic (exact) mass is 300 g/mol. The quantitative estimate of drug-likeness (QED) is 0.224. The Morgan fingerprint density at radius 1 is 0.905 bits per heavy atom. The fraction of sp³-hybridized carbons (Fsp3) is 0.941. The maximum atomic E-state index is 11.9. The van der Waals surface area contributed by atoms with Crippen molar-refractivity contribution in [2.24, 2.45) is 0 Å². The van der Waals surface area contributed by atoms with Gasteiger partial charge in [-0.25, -0.2) is 0 Å². The van der Waals surface area contributed by atoms with Gasteiger partial charge in [0.25, 0.3) is 0 Å². The van der Waals surface area contributed by atoms with Gasteiger partial charge in [0, 0.05) is 6.42 Å². The maximum Gasteiger partial charge on any atom is 0.224 e. The molecule has 21 heavy (non-hydrogen) atoms. The molecule has 0 aromatic carbocycles. The molecule has 1 atom stereocenters. The summed E-state index contributed by atoms with van der Waals surface area (Å²) < 4.78 is -0.375. The number of unbranched alkanes of at least 4 members (excludes halogenated alkanes) is 8. The molecular formula is C17H36N2O2. The lowest BCUT2D eigenvalue weighted by atomic mass is 10.1. The van der Waals surface area contributed by atoms with Crippen molar-refractivity contribution in [3.8, 4) is 0 Å². The second kappa shape index (κ2) is 13.1. The molecule has 0 aliphatic rings. The molecule has 0 bridgehead atoms. The third-order valence-electron chi connectivity index (χ3n) is 3.81. The molecule has 1 amide bonds. The lowest BCUT2D eigenvalue weighted by Crippen LogP contribution is -2.47. The molecule has 0 fully saturated rings. The van der Waals surface area contributed by atoms with Gasteiger partial charge in [-0.3, -0.25) is 4.79 Å². The van der Waals surface area contributed by atoms with Crippen LogP contribution < -0.4 is 5.32 Å². The average Bonchev–Trinajstić information content (AvgIpc) is 2.43.